The maximum Gasteiger partial charge on any atom is 0.203 e. The first-order valence-electron chi connectivity index (χ1n) is 48.0. The molecule has 2 N–H and O–H groups in total. The van der Waals surface area contributed by atoms with Gasteiger partial charge in [0, 0.05) is 132 Å². The van der Waals surface area contributed by atoms with Crippen molar-refractivity contribution in [3.8, 4) is 46.1 Å². The zero-order chi connectivity index (χ0) is 95.4. The smallest absolute Gasteiger partial charge is 0.203 e. The highest BCUT2D eigenvalue weighted by atomic mass is 16.5. The number of morpholine rings is 3. The van der Waals surface area contributed by atoms with E-state index in [1.54, 1.807) is 0 Å². The Morgan fingerprint density at radius 2 is 0.693 bits per heavy atom. The number of hydrogen-bond donors (Lipinski definition) is 2. The van der Waals surface area contributed by atoms with Gasteiger partial charge in [-0.3, -0.25) is 37.5 Å². The molecule has 0 amide bonds. The standard InChI is InChI=1S/C26H29N9O.C26H27N7O.C25H28N10O.C25H26N8O/c1-17(2)28-24-26-32-31-18(3)34(26)16-22(29-24)25-30-21-8-7-20(33-10-12-36-13-11-33)14-23(21)35(25)15-19-6-4-5-9-27-19;1-3-21-26-31-30-17(2)32(26)16-23(28-21)25-29-22-14-19(18-9-12-34-13-10-18)7-8-24(22)33(25)15-20-6-4-5-11-27-20;1-16(2)28-23-25-32-31-17(3)34(25)15-20(29-23)24-30-19-13-27-22(33-8-10-36-11-9-33)12-21(19)35(24)14-18-6-4-5-7-26-18;1-3-20-25-30-29-17(2)32(25)16-22(27-20)24-28-21-8-7-19(31-10-12-34-13-11-31)14-23(21)33(24)15-18-6-4-5-9-26-18/h4-9,14,16-17H,10-13,15H2,1-3H3,(H,28,29);4-8,11,14,16,18H,3,9-10,12-13,15H2,1-2H3;4-7,12-13,15-16H,8-11,14H2,1-3H3,(H,28,29);4-9,14,16H,3,10-13,15H2,1-2H3. The Kier molecular flexibility index (Phi) is 26.1. The molecule has 4 aliphatic rings. The van der Waals surface area contributed by atoms with Crippen molar-refractivity contribution in [2.24, 2.45) is 0 Å². The molecule has 4 fully saturated rings. The number of pyridine rings is 5. The van der Waals surface area contributed by atoms with Crippen molar-refractivity contribution in [2.45, 2.75) is 139 Å². The summed E-state index contributed by atoms with van der Waals surface area (Å²) in [6, 6.07) is 46.0. The van der Waals surface area contributed by atoms with Crippen molar-refractivity contribution in [1.82, 2.24) is 141 Å². The zero-order valence-corrected chi connectivity index (χ0v) is 80.1. The molecular weight excluding hydrogens is 1770 g/mol. The lowest BCUT2D eigenvalue weighted by Crippen LogP contribution is -2.36. The number of nitrogens with zero attached hydrogens (tertiary/aromatic N) is 32. The van der Waals surface area contributed by atoms with Crippen LogP contribution in [0.3, 0.4) is 0 Å². The Bertz CT molecular complexity index is 7480. The summed E-state index contributed by atoms with van der Waals surface area (Å²) in [7, 11) is 0. The number of imidazole rings is 4. The Labute approximate surface area is 806 Å². The van der Waals surface area contributed by atoms with Crippen LogP contribution in [0.25, 0.3) is 113 Å². The van der Waals surface area contributed by atoms with E-state index in [0.29, 0.717) is 73.9 Å². The minimum absolute atomic E-state index is 0.182. The van der Waals surface area contributed by atoms with Gasteiger partial charge in [-0.2, -0.15) is 0 Å². The fourth-order valence-corrected chi connectivity index (χ4v) is 18.5. The largest absolute Gasteiger partial charge is 0.381 e. The molecule has 0 radical (unpaired) electrons. The van der Waals surface area contributed by atoms with E-state index in [2.05, 4.69) is 207 Å². The molecule has 0 aliphatic carbocycles. The van der Waals surface area contributed by atoms with Gasteiger partial charge >= 0.3 is 0 Å². The highest BCUT2D eigenvalue weighted by Crippen LogP contribution is 2.38. The number of benzene rings is 3. The molecule has 17 aromatic heterocycles. The summed E-state index contributed by atoms with van der Waals surface area (Å²) >= 11 is 0. The number of aryl methyl sites for hydroxylation is 6. The van der Waals surface area contributed by atoms with Crippen molar-refractivity contribution in [3.63, 3.8) is 0 Å². The first kappa shape index (κ1) is 90.8. The fourth-order valence-electron chi connectivity index (χ4n) is 18.5. The zero-order valence-electron chi connectivity index (χ0n) is 80.1. The molecule has 21 heterocycles. The van der Waals surface area contributed by atoms with Gasteiger partial charge in [-0.05, 0) is 190 Å². The van der Waals surface area contributed by atoms with E-state index in [-0.39, 0.29) is 12.1 Å². The fraction of sp³-hybridized carbons (Fsp3) is 0.343. The molecule has 20 aromatic rings. The van der Waals surface area contributed by atoms with Gasteiger partial charge in [-0.1, -0.05) is 44.2 Å². The molecule has 0 spiro atoms. The Morgan fingerprint density at radius 3 is 1.09 bits per heavy atom. The molecular formula is C102H110N34O4. The van der Waals surface area contributed by atoms with Crippen molar-refractivity contribution >= 4 is 95.6 Å². The van der Waals surface area contributed by atoms with E-state index < -0.39 is 0 Å². The van der Waals surface area contributed by atoms with Gasteiger partial charge < -0.3 is 62.5 Å². The van der Waals surface area contributed by atoms with Crippen LogP contribution in [0.4, 0.5) is 28.8 Å². The second-order valence-corrected chi connectivity index (χ2v) is 35.8. The monoisotopic (exact) mass is 1870 g/mol. The van der Waals surface area contributed by atoms with Crippen LogP contribution in [-0.2, 0) is 58.0 Å². The molecule has 712 valence electrons. The van der Waals surface area contributed by atoms with Gasteiger partial charge in [0.15, 0.2) is 46.2 Å². The molecule has 3 aromatic carbocycles. The van der Waals surface area contributed by atoms with E-state index >= 15 is 0 Å². The van der Waals surface area contributed by atoms with Crippen LogP contribution in [0.1, 0.15) is 123 Å². The van der Waals surface area contributed by atoms with Gasteiger partial charge in [0.25, 0.3) is 0 Å². The van der Waals surface area contributed by atoms with Crippen LogP contribution in [0.15, 0.2) is 189 Å². The SMILES string of the molecule is CCc1nc(-c2nc3cc(C4CCOCC4)ccc3n2Cc2ccccn2)cn2c(C)nnc12.CCc1nc(-c2nc3ccc(N4CCOCC4)cc3n2Cc2ccccn2)cn2c(C)nnc12.Cc1nnc2c(NC(C)C)nc(-c3nc4ccc(N5CCOCC5)cc4n3Cc3ccccn3)cn12.Cc1nnc2c(NC(C)C)nc(-c3nc4cnc(N5CCOCC5)cc4n3Cc3ccccn3)cn12. The number of rotatable bonds is 22. The van der Waals surface area contributed by atoms with E-state index in [9.17, 15) is 0 Å². The molecule has 24 rings (SSSR count). The molecule has 0 unspecified atom stereocenters. The van der Waals surface area contributed by atoms with Gasteiger partial charge in [0.05, 0.1) is 145 Å². The molecule has 4 saturated heterocycles. The van der Waals surface area contributed by atoms with Crippen LogP contribution in [0, 0.1) is 27.7 Å². The molecule has 0 bridgehead atoms. The first-order chi connectivity index (χ1) is 68.5. The van der Waals surface area contributed by atoms with Gasteiger partial charge in [-0.25, -0.2) is 44.9 Å². The number of nitrogens with one attached hydrogen (secondary N) is 2. The summed E-state index contributed by atoms with van der Waals surface area (Å²) in [6.07, 6.45) is 20.7. The van der Waals surface area contributed by atoms with E-state index in [1.807, 2.05) is 174 Å². The topological polar surface area (TPSA) is 379 Å². The average molecular weight is 1880 g/mol. The highest BCUT2D eigenvalue weighted by Gasteiger charge is 2.29. The third-order valence-electron chi connectivity index (χ3n) is 25.6. The molecule has 38 heteroatoms. The Balaban J connectivity index is 0.000000111. The number of hydrogen-bond acceptors (Lipinski definition) is 30. The van der Waals surface area contributed by atoms with Crippen molar-refractivity contribution in [2.75, 3.05) is 117 Å². The number of ether oxygens (including phenoxy) is 4. The molecule has 140 heavy (non-hydrogen) atoms. The van der Waals surface area contributed by atoms with Crippen molar-refractivity contribution in [3.05, 3.63) is 252 Å². The van der Waals surface area contributed by atoms with Gasteiger partial charge in [0.1, 0.15) is 57.4 Å². The third kappa shape index (κ3) is 18.9. The maximum atomic E-state index is 5.57. The lowest BCUT2D eigenvalue weighted by Gasteiger charge is -2.28. The van der Waals surface area contributed by atoms with Gasteiger partial charge in [0.2, 0.25) is 11.3 Å². The normalized spacial score (nSPS) is 14.4. The minimum Gasteiger partial charge on any atom is -0.381 e. The highest BCUT2D eigenvalue weighted by molar-refractivity contribution is 5.87. The third-order valence-corrected chi connectivity index (χ3v) is 25.6. The number of fused-ring (bicyclic) bond motifs is 8. The Morgan fingerprint density at radius 1 is 0.336 bits per heavy atom. The molecule has 38 nitrogen and oxygen atoms in total. The summed E-state index contributed by atoms with van der Waals surface area (Å²) in [6.45, 7) is 33.8. The maximum absolute atomic E-state index is 5.57. The molecule has 4 aliphatic heterocycles. The molecule has 0 atom stereocenters. The quantitative estimate of drug-likeness (QED) is 0.0636. The van der Waals surface area contributed by atoms with Crippen LogP contribution < -0.4 is 25.3 Å². The summed E-state index contributed by atoms with van der Waals surface area (Å²) in [5.41, 5.74) is 23.2. The number of aromatic nitrogens is 29. The summed E-state index contributed by atoms with van der Waals surface area (Å²) in [5.74, 6) is 9.18. The van der Waals surface area contributed by atoms with Crippen molar-refractivity contribution in [1.29, 1.82) is 0 Å². The van der Waals surface area contributed by atoms with Crippen LogP contribution in [0.2, 0.25) is 0 Å². The average Bonchev–Trinajstić information content (AvgIpc) is 1.61. The second kappa shape index (κ2) is 40.2. The predicted molar refractivity (Wildman–Crippen MR) is 536 cm³/mol. The summed E-state index contributed by atoms with van der Waals surface area (Å²) in [5, 5.41) is 41.2. The lowest BCUT2D eigenvalue weighted by atomic mass is 9.91. The Hall–Kier alpha value is -15.7. The first-order valence-corrected chi connectivity index (χ1v) is 48.0. The van der Waals surface area contributed by atoms with Crippen LogP contribution in [-0.4, -0.2) is 246 Å². The molecule has 0 saturated carbocycles. The van der Waals surface area contributed by atoms with Gasteiger partial charge in [-0.15, -0.1) is 40.8 Å². The van der Waals surface area contributed by atoms with Crippen LogP contribution in [0.5, 0.6) is 0 Å². The predicted octanol–water partition coefficient (Wildman–Crippen LogP) is 14.1. The van der Waals surface area contributed by atoms with E-state index in [0.717, 1.165) is 264 Å². The minimum atomic E-state index is 0.182. The van der Waals surface area contributed by atoms with E-state index in [1.165, 1.54) is 16.9 Å². The second-order valence-electron chi connectivity index (χ2n) is 35.8. The van der Waals surface area contributed by atoms with Crippen LogP contribution >= 0.6 is 0 Å². The van der Waals surface area contributed by atoms with E-state index in [4.69, 9.17) is 63.8 Å². The lowest BCUT2D eigenvalue weighted by molar-refractivity contribution is 0.0853. The van der Waals surface area contributed by atoms with Crippen molar-refractivity contribution < 1.29 is 18.9 Å². The number of anilines is 5. The summed E-state index contributed by atoms with van der Waals surface area (Å²) < 4.78 is 38.9. The summed E-state index contributed by atoms with van der Waals surface area (Å²) in [4.78, 5) is 70.0.